The lowest BCUT2D eigenvalue weighted by molar-refractivity contribution is 1.42. The minimum Gasteiger partial charge on any atom is -0.398 e. The highest BCUT2D eigenvalue weighted by molar-refractivity contribution is 9.10. The fraction of sp³-hybridized carbons (Fsp3) is 0.0714. The van der Waals surface area contributed by atoms with Crippen molar-refractivity contribution in [3.05, 3.63) is 51.0 Å². The van der Waals surface area contributed by atoms with Gasteiger partial charge in [0, 0.05) is 15.2 Å². The van der Waals surface area contributed by atoms with Crippen molar-refractivity contribution in [3.63, 3.8) is 0 Å². The maximum Gasteiger partial charge on any atom is 0.101 e. The van der Waals surface area contributed by atoms with E-state index in [2.05, 4.69) is 21.2 Å². The zero-order valence-electron chi connectivity index (χ0n) is 10.2. The third-order valence-corrected chi connectivity index (χ3v) is 3.76. The standard InChI is InChI=1S/C14H11BrClN3/c1-8-4-11(15)14(6-12(8)16)19-10-3-2-9(7-17)13(18)5-10/h2-6,19H,18H2,1H3. The maximum absolute atomic E-state index is 8.83. The lowest BCUT2D eigenvalue weighted by Crippen LogP contribution is -1.96. The van der Waals surface area contributed by atoms with Crippen LogP contribution in [0, 0.1) is 18.3 Å². The molecule has 96 valence electrons. The zero-order chi connectivity index (χ0) is 14.0. The summed E-state index contributed by atoms with van der Waals surface area (Å²) in [6, 6.07) is 11.0. The number of halogens is 2. The van der Waals surface area contributed by atoms with E-state index in [1.807, 2.05) is 25.1 Å². The molecule has 0 atom stereocenters. The predicted molar refractivity (Wildman–Crippen MR) is 82.7 cm³/mol. The summed E-state index contributed by atoms with van der Waals surface area (Å²) in [5, 5.41) is 12.7. The Kier molecular flexibility index (Phi) is 3.98. The monoisotopic (exact) mass is 335 g/mol. The topological polar surface area (TPSA) is 61.8 Å². The summed E-state index contributed by atoms with van der Waals surface area (Å²) >= 11 is 9.58. The molecule has 0 fully saturated rings. The average Bonchev–Trinajstić information content (AvgIpc) is 2.36. The van der Waals surface area contributed by atoms with Crippen LogP contribution in [0.5, 0.6) is 0 Å². The summed E-state index contributed by atoms with van der Waals surface area (Å²) in [4.78, 5) is 0. The van der Waals surface area contributed by atoms with Gasteiger partial charge in [-0.15, -0.1) is 0 Å². The number of aryl methyl sites for hydroxylation is 1. The van der Waals surface area contributed by atoms with E-state index in [0.717, 1.165) is 21.4 Å². The molecule has 0 spiro atoms. The van der Waals surface area contributed by atoms with Crippen LogP contribution in [0.2, 0.25) is 5.02 Å². The van der Waals surface area contributed by atoms with Gasteiger partial charge in [-0.3, -0.25) is 0 Å². The number of anilines is 3. The van der Waals surface area contributed by atoms with E-state index < -0.39 is 0 Å². The third-order valence-electron chi connectivity index (χ3n) is 2.70. The second kappa shape index (κ2) is 5.52. The molecule has 3 nitrogen and oxygen atoms in total. The minimum absolute atomic E-state index is 0.446. The number of benzene rings is 2. The Balaban J connectivity index is 2.34. The zero-order valence-corrected chi connectivity index (χ0v) is 12.5. The molecule has 3 N–H and O–H groups in total. The van der Waals surface area contributed by atoms with Crippen molar-refractivity contribution in [2.24, 2.45) is 0 Å². The molecule has 0 amide bonds. The first-order valence-electron chi connectivity index (χ1n) is 5.53. The van der Waals surface area contributed by atoms with Crippen molar-refractivity contribution in [2.45, 2.75) is 6.92 Å². The van der Waals surface area contributed by atoms with Crippen LogP contribution in [0.4, 0.5) is 17.1 Å². The summed E-state index contributed by atoms with van der Waals surface area (Å²) in [5.74, 6) is 0. The Bertz CT molecular complexity index is 677. The molecule has 0 aliphatic heterocycles. The molecule has 0 aromatic heterocycles. The molecule has 0 saturated heterocycles. The molecular weight excluding hydrogens is 326 g/mol. The number of nitrogens with one attached hydrogen (secondary N) is 1. The lowest BCUT2D eigenvalue weighted by atomic mass is 10.1. The van der Waals surface area contributed by atoms with Crippen molar-refractivity contribution in [1.29, 1.82) is 5.26 Å². The first-order valence-corrected chi connectivity index (χ1v) is 6.70. The smallest absolute Gasteiger partial charge is 0.101 e. The Morgan fingerprint density at radius 3 is 2.68 bits per heavy atom. The van der Waals surface area contributed by atoms with Gasteiger partial charge in [-0.1, -0.05) is 11.6 Å². The molecule has 0 heterocycles. The number of rotatable bonds is 2. The van der Waals surface area contributed by atoms with Crippen molar-refractivity contribution in [2.75, 3.05) is 11.1 Å². The van der Waals surface area contributed by atoms with Crippen LogP contribution in [-0.4, -0.2) is 0 Å². The van der Waals surface area contributed by atoms with Gasteiger partial charge in [0.15, 0.2) is 0 Å². The van der Waals surface area contributed by atoms with Crippen LogP contribution < -0.4 is 11.1 Å². The molecule has 2 aromatic rings. The Hall–Kier alpha value is -1.70. The molecular formula is C14H11BrClN3. The fourth-order valence-corrected chi connectivity index (χ4v) is 2.36. The van der Waals surface area contributed by atoms with E-state index in [0.29, 0.717) is 16.3 Å². The fourth-order valence-electron chi connectivity index (χ4n) is 1.64. The normalized spacial score (nSPS) is 10.0. The SMILES string of the molecule is Cc1cc(Br)c(Nc2ccc(C#N)c(N)c2)cc1Cl. The van der Waals surface area contributed by atoms with Crippen LogP contribution in [0.1, 0.15) is 11.1 Å². The summed E-state index contributed by atoms with van der Waals surface area (Å²) in [5.41, 5.74) is 9.34. The number of nitrogen functional groups attached to an aromatic ring is 1. The van der Waals surface area contributed by atoms with E-state index >= 15 is 0 Å². The van der Waals surface area contributed by atoms with Crippen LogP contribution in [0.3, 0.4) is 0 Å². The van der Waals surface area contributed by atoms with E-state index in [1.165, 1.54) is 0 Å². The van der Waals surface area contributed by atoms with Crippen molar-refractivity contribution in [3.8, 4) is 6.07 Å². The summed E-state index contributed by atoms with van der Waals surface area (Å²) < 4.78 is 0.914. The lowest BCUT2D eigenvalue weighted by Gasteiger charge is -2.11. The molecule has 5 heteroatoms. The van der Waals surface area contributed by atoms with Gasteiger partial charge in [0.25, 0.3) is 0 Å². The van der Waals surface area contributed by atoms with Gasteiger partial charge >= 0.3 is 0 Å². The summed E-state index contributed by atoms with van der Waals surface area (Å²) in [6.07, 6.45) is 0. The number of nitrogens with zero attached hydrogens (tertiary/aromatic N) is 1. The van der Waals surface area contributed by atoms with E-state index in [9.17, 15) is 0 Å². The maximum atomic E-state index is 8.83. The average molecular weight is 337 g/mol. The van der Waals surface area contributed by atoms with Crippen LogP contribution in [0.15, 0.2) is 34.8 Å². The molecule has 19 heavy (non-hydrogen) atoms. The second-order valence-electron chi connectivity index (χ2n) is 4.12. The largest absolute Gasteiger partial charge is 0.398 e. The highest BCUT2D eigenvalue weighted by atomic mass is 79.9. The van der Waals surface area contributed by atoms with Gasteiger partial charge in [-0.2, -0.15) is 5.26 Å². The van der Waals surface area contributed by atoms with Gasteiger partial charge in [0.2, 0.25) is 0 Å². The highest BCUT2D eigenvalue weighted by Gasteiger charge is 2.06. The van der Waals surface area contributed by atoms with E-state index in [1.54, 1.807) is 18.2 Å². The number of hydrogen-bond acceptors (Lipinski definition) is 3. The van der Waals surface area contributed by atoms with Gasteiger partial charge in [0.05, 0.1) is 16.9 Å². The van der Waals surface area contributed by atoms with Gasteiger partial charge in [-0.05, 0) is 58.7 Å². The molecule has 0 radical (unpaired) electrons. The van der Waals surface area contributed by atoms with Gasteiger partial charge < -0.3 is 11.1 Å². The number of hydrogen-bond donors (Lipinski definition) is 2. The second-order valence-corrected chi connectivity index (χ2v) is 5.38. The Labute approximate surface area is 125 Å². The third kappa shape index (κ3) is 3.01. The summed E-state index contributed by atoms with van der Waals surface area (Å²) in [6.45, 7) is 1.94. The van der Waals surface area contributed by atoms with Crippen molar-refractivity contribution in [1.82, 2.24) is 0 Å². The number of nitriles is 1. The van der Waals surface area contributed by atoms with Crippen LogP contribution >= 0.6 is 27.5 Å². The molecule has 2 aromatic carbocycles. The van der Waals surface area contributed by atoms with Gasteiger partial charge in [-0.25, -0.2) is 0 Å². The molecule has 0 saturated carbocycles. The Morgan fingerprint density at radius 1 is 1.32 bits per heavy atom. The molecule has 0 bridgehead atoms. The minimum atomic E-state index is 0.446. The number of nitrogens with two attached hydrogens (primary N) is 1. The summed E-state index contributed by atoms with van der Waals surface area (Å²) in [7, 11) is 0. The Morgan fingerprint density at radius 2 is 2.05 bits per heavy atom. The molecule has 0 unspecified atom stereocenters. The van der Waals surface area contributed by atoms with Crippen LogP contribution in [0.25, 0.3) is 0 Å². The van der Waals surface area contributed by atoms with Crippen LogP contribution in [-0.2, 0) is 0 Å². The quantitative estimate of drug-likeness (QED) is 0.787. The van der Waals surface area contributed by atoms with E-state index in [-0.39, 0.29) is 0 Å². The van der Waals surface area contributed by atoms with Crippen molar-refractivity contribution < 1.29 is 0 Å². The van der Waals surface area contributed by atoms with Crippen molar-refractivity contribution >= 4 is 44.6 Å². The van der Waals surface area contributed by atoms with Gasteiger partial charge in [0.1, 0.15) is 6.07 Å². The predicted octanol–water partition coefficient (Wildman–Crippen LogP) is 4.61. The molecule has 0 aliphatic rings. The molecule has 2 rings (SSSR count). The highest BCUT2D eigenvalue weighted by Crippen LogP contribution is 2.32. The molecule has 0 aliphatic carbocycles. The van der Waals surface area contributed by atoms with E-state index in [4.69, 9.17) is 22.6 Å². The first-order chi connectivity index (χ1) is 9.01. The first kappa shape index (κ1) is 13.7.